The van der Waals surface area contributed by atoms with Gasteiger partial charge in [0.2, 0.25) is 0 Å². The summed E-state index contributed by atoms with van der Waals surface area (Å²) >= 11 is 0. The van der Waals surface area contributed by atoms with E-state index >= 15 is 0 Å². The summed E-state index contributed by atoms with van der Waals surface area (Å²) in [6.07, 6.45) is 1.67. The topological polar surface area (TPSA) is 67.4 Å². The lowest BCUT2D eigenvalue weighted by atomic mass is 9.97. The first-order valence-electron chi connectivity index (χ1n) is 7.15. The standard InChI is InChI=1S/C16H18N4O2/c1-20(2)14-9-13(17-10-18-14)19-16(21)15-12-6-4-3-5-11(12)7-8-22-15/h3-6,9-10,15H,7-8H2,1-2H3,(H,17,18,19,21). The minimum Gasteiger partial charge on any atom is -0.363 e. The van der Waals surface area contributed by atoms with Crippen molar-refractivity contribution in [3.63, 3.8) is 0 Å². The number of aromatic nitrogens is 2. The highest BCUT2D eigenvalue weighted by molar-refractivity contribution is 5.94. The Kier molecular flexibility index (Phi) is 4.02. The molecule has 1 N–H and O–H groups in total. The van der Waals surface area contributed by atoms with E-state index in [-0.39, 0.29) is 5.91 Å². The molecule has 6 nitrogen and oxygen atoms in total. The smallest absolute Gasteiger partial charge is 0.259 e. The van der Waals surface area contributed by atoms with Crippen LogP contribution in [0, 0.1) is 0 Å². The van der Waals surface area contributed by atoms with E-state index < -0.39 is 6.10 Å². The van der Waals surface area contributed by atoms with Crippen molar-refractivity contribution < 1.29 is 9.53 Å². The van der Waals surface area contributed by atoms with Crippen molar-refractivity contribution >= 4 is 17.5 Å². The second kappa shape index (κ2) is 6.11. The Hall–Kier alpha value is -2.47. The van der Waals surface area contributed by atoms with E-state index in [4.69, 9.17) is 4.74 Å². The highest BCUT2D eigenvalue weighted by Crippen LogP contribution is 2.28. The van der Waals surface area contributed by atoms with E-state index in [0.29, 0.717) is 12.4 Å². The quantitative estimate of drug-likeness (QED) is 0.936. The Balaban J connectivity index is 1.80. The van der Waals surface area contributed by atoms with Gasteiger partial charge in [-0.05, 0) is 17.5 Å². The summed E-state index contributed by atoms with van der Waals surface area (Å²) < 4.78 is 5.65. The molecule has 2 heterocycles. The Labute approximate surface area is 129 Å². The first kappa shape index (κ1) is 14.5. The molecule has 1 aliphatic heterocycles. The van der Waals surface area contributed by atoms with Gasteiger partial charge in [-0.2, -0.15) is 0 Å². The summed E-state index contributed by atoms with van der Waals surface area (Å²) in [6, 6.07) is 9.60. The number of rotatable bonds is 3. The summed E-state index contributed by atoms with van der Waals surface area (Å²) in [6.45, 7) is 0.543. The molecule has 2 aromatic rings. The molecule has 0 bridgehead atoms. The number of ether oxygens (including phenoxy) is 1. The maximum Gasteiger partial charge on any atom is 0.259 e. The van der Waals surface area contributed by atoms with Gasteiger partial charge in [0.1, 0.15) is 18.0 Å². The molecule has 1 atom stereocenters. The number of amides is 1. The van der Waals surface area contributed by atoms with E-state index in [1.807, 2.05) is 43.3 Å². The maximum atomic E-state index is 12.5. The molecule has 0 aliphatic carbocycles. The second-order valence-electron chi connectivity index (χ2n) is 5.34. The minimum absolute atomic E-state index is 0.212. The Morgan fingerprint density at radius 1 is 1.32 bits per heavy atom. The lowest BCUT2D eigenvalue weighted by molar-refractivity contribution is -0.128. The summed E-state index contributed by atoms with van der Waals surface area (Å²) in [5.41, 5.74) is 2.08. The molecule has 0 fully saturated rings. The average molecular weight is 298 g/mol. The molecule has 0 saturated carbocycles. The average Bonchev–Trinajstić information content (AvgIpc) is 2.54. The van der Waals surface area contributed by atoms with Crippen molar-refractivity contribution in [3.8, 4) is 0 Å². The van der Waals surface area contributed by atoms with E-state index in [9.17, 15) is 4.79 Å². The van der Waals surface area contributed by atoms with Gasteiger partial charge in [-0.1, -0.05) is 24.3 Å². The molecule has 0 saturated heterocycles. The SMILES string of the molecule is CN(C)c1cc(NC(=O)C2OCCc3ccccc32)ncn1. The molecule has 1 amide bonds. The maximum absolute atomic E-state index is 12.5. The van der Waals surface area contributed by atoms with Crippen LogP contribution in [0.4, 0.5) is 11.6 Å². The number of carbonyl (C=O) groups excluding carboxylic acids is 1. The van der Waals surface area contributed by atoms with Crippen LogP contribution in [0.2, 0.25) is 0 Å². The van der Waals surface area contributed by atoms with Crippen molar-refractivity contribution in [2.24, 2.45) is 0 Å². The van der Waals surface area contributed by atoms with Crippen LogP contribution in [-0.2, 0) is 16.0 Å². The molecular formula is C16H18N4O2. The second-order valence-corrected chi connectivity index (χ2v) is 5.34. The van der Waals surface area contributed by atoms with Gasteiger partial charge in [-0.3, -0.25) is 4.79 Å². The minimum atomic E-state index is -0.595. The number of nitrogens with one attached hydrogen (secondary N) is 1. The number of hydrogen-bond acceptors (Lipinski definition) is 5. The molecule has 6 heteroatoms. The fraction of sp³-hybridized carbons (Fsp3) is 0.312. The third-order valence-electron chi connectivity index (χ3n) is 3.59. The van der Waals surface area contributed by atoms with Gasteiger partial charge in [-0.15, -0.1) is 0 Å². The molecule has 114 valence electrons. The van der Waals surface area contributed by atoms with Gasteiger partial charge in [0.25, 0.3) is 5.91 Å². The zero-order valence-electron chi connectivity index (χ0n) is 12.6. The number of hydrogen-bond donors (Lipinski definition) is 1. The van der Waals surface area contributed by atoms with Gasteiger partial charge < -0.3 is 15.0 Å². The third kappa shape index (κ3) is 2.92. The number of fused-ring (bicyclic) bond motifs is 1. The van der Waals surface area contributed by atoms with Gasteiger partial charge in [0, 0.05) is 20.2 Å². The summed E-state index contributed by atoms with van der Waals surface area (Å²) in [5.74, 6) is 0.987. The largest absolute Gasteiger partial charge is 0.363 e. The van der Waals surface area contributed by atoms with E-state index in [2.05, 4.69) is 15.3 Å². The Morgan fingerprint density at radius 3 is 2.95 bits per heavy atom. The highest BCUT2D eigenvalue weighted by Gasteiger charge is 2.27. The summed E-state index contributed by atoms with van der Waals surface area (Å²) in [5, 5.41) is 2.81. The predicted molar refractivity (Wildman–Crippen MR) is 83.8 cm³/mol. The van der Waals surface area contributed by atoms with Crippen LogP contribution in [0.1, 0.15) is 17.2 Å². The first-order chi connectivity index (χ1) is 10.6. The summed E-state index contributed by atoms with van der Waals surface area (Å²) in [7, 11) is 3.77. The Bertz CT molecular complexity index is 687. The van der Waals surface area contributed by atoms with Crippen LogP contribution < -0.4 is 10.2 Å². The fourth-order valence-corrected chi connectivity index (χ4v) is 2.46. The van der Waals surface area contributed by atoms with Crippen molar-refractivity contribution in [1.29, 1.82) is 0 Å². The highest BCUT2D eigenvalue weighted by atomic mass is 16.5. The van der Waals surface area contributed by atoms with E-state index in [1.165, 1.54) is 6.33 Å². The molecule has 22 heavy (non-hydrogen) atoms. The van der Waals surface area contributed by atoms with Gasteiger partial charge in [-0.25, -0.2) is 9.97 Å². The monoisotopic (exact) mass is 298 g/mol. The molecular weight excluding hydrogens is 280 g/mol. The van der Waals surface area contributed by atoms with Crippen molar-refractivity contribution in [3.05, 3.63) is 47.8 Å². The van der Waals surface area contributed by atoms with Crippen LogP contribution in [0.15, 0.2) is 36.7 Å². The third-order valence-corrected chi connectivity index (χ3v) is 3.59. The first-order valence-corrected chi connectivity index (χ1v) is 7.15. The molecule has 1 aromatic carbocycles. The zero-order valence-corrected chi connectivity index (χ0v) is 12.6. The van der Waals surface area contributed by atoms with Crippen LogP contribution >= 0.6 is 0 Å². The van der Waals surface area contributed by atoms with Gasteiger partial charge in [0.05, 0.1) is 6.61 Å². The number of anilines is 2. The van der Waals surface area contributed by atoms with Crippen LogP contribution in [-0.4, -0.2) is 36.6 Å². The van der Waals surface area contributed by atoms with Gasteiger partial charge >= 0.3 is 0 Å². The lowest BCUT2D eigenvalue weighted by Crippen LogP contribution is -2.28. The molecule has 1 unspecified atom stereocenters. The van der Waals surface area contributed by atoms with Crippen molar-refractivity contribution in [2.45, 2.75) is 12.5 Å². The lowest BCUT2D eigenvalue weighted by Gasteiger charge is -2.25. The van der Waals surface area contributed by atoms with E-state index in [0.717, 1.165) is 23.4 Å². The normalized spacial score (nSPS) is 16.7. The number of benzene rings is 1. The van der Waals surface area contributed by atoms with Crippen LogP contribution in [0.25, 0.3) is 0 Å². The molecule has 0 radical (unpaired) electrons. The van der Waals surface area contributed by atoms with Crippen LogP contribution in [0.3, 0.4) is 0 Å². The molecule has 1 aromatic heterocycles. The number of nitrogens with zero attached hydrogens (tertiary/aromatic N) is 3. The van der Waals surface area contributed by atoms with Crippen molar-refractivity contribution in [2.75, 3.05) is 30.9 Å². The predicted octanol–water partition coefficient (Wildman–Crippen LogP) is 1.80. The Morgan fingerprint density at radius 2 is 2.14 bits per heavy atom. The van der Waals surface area contributed by atoms with Gasteiger partial charge in [0.15, 0.2) is 6.10 Å². The molecule has 1 aliphatic rings. The van der Waals surface area contributed by atoms with Crippen LogP contribution in [0.5, 0.6) is 0 Å². The van der Waals surface area contributed by atoms with E-state index in [1.54, 1.807) is 6.07 Å². The molecule has 3 rings (SSSR count). The summed E-state index contributed by atoms with van der Waals surface area (Å²) in [4.78, 5) is 22.6. The number of carbonyl (C=O) groups is 1. The molecule has 0 spiro atoms. The fourth-order valence-electron chi connectivity index (χ4n) is 2.46. The zero-order chi connectivity index (χ0) is 15.5. The van der Waals surface area contributed by atoms with Crippen molar-refractivity contribution in [1.82, 2.24) is 9.97 Å².